The molecule has 0 aliphatic carbocycles. The zero-order chi connectivity index (χ0) is 12.3. The first-order valence-electron chi connectivity index (χ1n) is 5.95. The number of rotatable bonds is 3. The van der Waals surface area contributed by atoms with Gasteiger partial charge in [-0.2, -0.15) is 0 Å². The first-order valence-corrected chi connectivity index (χ1v) is 5.95. The monoisotopic (exact) mass is 230 g/mol. The number of para-hydroxylation sites is 1. The first kappa shape index (κ1) is 11.7. The largest absolute Gasteiger partial charge is 0.384 e. The summed E-state index contributed by atoms with van der Waals surface area (Å²) in [5.41, 5.74) is 2.36. The number of anilines is 1. The third-order valence-corrected chi connectivity index (χ3v) is 3.12. The second-order valence-corrected chi connectivity index (χ2v) is 4.47. The minimum absolute atomic E-state index is 0.00676. The van der Waals surface area contributed by atoms with E-state index in [1.54, 1.807) is 6.08 Å². The highest BCUT2D eigenvalue weighted by molar-refractivity contribution is 5.81. The molecule has 0 bridgehead atoms. The summed E-state index contributed by atoms with van der Waals surface area (Å²) in [6.07, 6.45) is 2.54. The van der Waals surface area contributed by atoms with Gasteiger partial charge in [0.15, 0.2) is 0 Å². The highest BCUT2D eigenvalue weighted by atomic mass is 16.1. The van der Waals surface area contributed by atoms with Crippen LogP contribution in [0.2, 0.25) is 0 Å². The first-order chi connectivity index (χ1) is 8.20. The van der Waals surface area contributed by atoms with Crippen molar-refractivity contribution in [1.82, 2.24) is 5.32 Å². The normalized spacial score (nSPS) is 19.7. The van der Waals surface area contributed by atoms with Crippen LogP contribution in [0.1, 0.15) is 12.5 Å². The number of amides is 1. The maximum atomic E-state index is 12.0. The topological polar surface area (TPSA) is 41.1 Å². The van der Waals surface area contributed by atoms with E-state index in [0.29, 0.717) is 6.54 Å². The van der Waals surface area contributed by atoms with Crippen molar-refractivity contribution in [3.63, 3.8) is 0 Å². The van der Waals surface area contributed by atoms with Crippen molar-refractivity contribution in [3.05, 3.63) is 42.5 Å². The maximum Gasteiger partial charge on any atom is 0.225 e. The molecular weight excluding hydrogens is 212 g/mol. The standard InChI is InChI=1S/C14H18N2O/c1-3-10(2)16-14(17)12-8-11-6-4-5-7-13(11)15-9-12/h3-7,10,12,15H,1,8-9H2,2H3,(H,16,17). The summed E-state index contributed by atoms with van der Waals surface area (Å²) in [6.45, 7) is 6.29. The molecule has 3 heteroatoms. The molecular formula is C14H18N2O. The summed E-state index contributed by atoms with van der Waals surface area (Å²) < 4.78 is 0. The molecule has 0 radical (unpaired) electrons. The van der Waals surface area contributed by atoms with Crippen molar-refractivity contribution >= 4 is 11.6 Å². The highest BCUT2D eigenvalue weighted by Crippen LogP contribution is 2.24. The summed E-state index contributed by atoms with van der Waals surface area (Å²) in [6, 6.07) is 8.16. The minimum atomic E-state index is 0.00676. The number of fused-ring (bicyclic) bond motifs is 1. The Morgan fingerprint density at radius 1 is 1.59 bits per heavy atom. The van der Waals surface area contributed by atoms with Gasteiger partial charge in [0.25, 0.3) is 0 Å². The van der Waals surface area contributed by atoms with E-state index in [1.165, 1.54) is 5.56 Å². The van der Waals surface area contributed by atoms with E-state index >= 15 is 0 Å². The predicted octanol–water partition coefficient (Wildman–Crippen LogP) is 1.96. The van der Waals surface area contributed by atoms with E-state index in [9.17, 15) is 4.79 Å². The summed E-state index contributed by atoms with van der Waals surface area (Å²) in [5, 5.41) is 6.23. The van der Waals surface area contributed by atoms with Gasteiger partial charge in [0.1, 0.15) is 0 Å². The highest BCUT2D eigenvalue weighted by Gasteiger charge is 2.24. The number of nitrogens with one attached hydrogen (secondary N) is 2. The Kier molecular flexibility index (Phi) is 3.47. The minimum Gasteiger partial charge on any atom is -0.384 e. The molecule has 1 heterocycles. The molecule has 2 atom stereocenters. The van der Waals surface area contributed by atoms with Gasteiger partial charge >= 0.3 is 0 Å². The molecule has 1 aromatic rings. The number of hydrogen-bond acceptors (Lipinski definition) is 2. The van der Waals surface area contributed by atoms with Crippen LogP contribution in [0.5, 0.6) is 0 Å². The van der Waals surface area contributed by atoms with Crippen LogP contribution in [0.15, 0.2) is 36.9 Å². The molecule has 0 saturated carbocycles. The van der Waals surface area contributed by atoms with Crippen molar-refractivity contribution < 1.29 is 4.79 Å². The van der Waals surface area contributed by atoms with Crippen molar-refractivity contribution in [3.8, 4) is 0 Å². The van der Waals surface area contributed by atoms with Gasteiger partial charge in [-0.25, -0.2) is 0 Å². The van der Waals surface area contributed by atoms with Crippen LogP contribution in [-0.2, 0) is 11.2 Å². The van der Waals surface area contributed by atoms with E-state index in [-0.39, 0.29) is 17.9 Å². The third kappa shape index (κ3) is 2.67. The van der Waals surface area contributed by atoms with Gasteiger partial charge in [-0.05, 0) is 25.0 Å². The number of carbonyl (C=O) groups excluding carboxylic acids is 1. The van der Waals surface area contributed by atoms with E-state index in [0.717, 1.165) is 12.1 Å². The van der Waals surface area contributed by atoms with E-state index < -0.39 is 0 Å². The fourth-order valence-electron chi connectivity index (χ4n) is 2.03. The molecule has 0 spiro atoms. The van der Waals surface area contributed by atoms with Crippen LogP contribution >= 0.6 is 0 Å². The molecule has 2 rings (SSSR count). The van der Waals surface area contributed by atoms with Crippen molar-refractivity contribution in [1.29, 1.82) is 0 Å². The molecule has 2 unspecified atom stereocenters. The van der Waals surface area contributed by atoms with Gasteiger partial charge in [-0.15, -0.1) is 6.58 Å². The van der Waals surface area contributed by atoms with E-state index in [4.69, 9.17) is 0 Å². The molecule has 1 aliphatic heterocycles. The van der Waals surface area contributed by atoms with Gasteiger partial charge in [0, 0.05) is 18.3 Å². The van der Waals surface area contributed by atoms with E-state index in [1.807, 2.05) is 19.1 Å². The lowest BCUT2D eigenvalue weighted by atomic mass is 9.93. The fraction of sp³-hybridized carbons (Fsp3) is 0.357. The van der Waals surface area contributed by atoms with Crippen LogP contribution in [0, 0.1) is 5.92 Å². The molecule has 1 aliphatic rings. The number of carbonyl (C=O) groups is 1. The lowest BCUT2D eigenvalue weighted by Crippen LogP contribution is -2.41. The summed E-state index contributed by atoms with van der Waals surface area (Å²) in [7, 11) is 0. The lowest BCUT2D eigenvalue weighted by Gasteiger charge is -2.26. The molecule has 2 N–H and O–H groups in total. The molecule has 90 valence electrons. The van der Waals surface area contributed by atoms with Gasteiger partial charge < -0.3 is 10.6 Å². The Hall–Kier alpha value is -1.77. The quantitative estimate of drug-likeness (QED) is 0.779. The second-order valence-electron chi connectivity index (χ2n) is 4.47. The Bertz CT molecular complexity index is 428. The molecule has 3 nitrogen and oxygen atoms in total. The van der Waals surface area contributed by atoms with Gasteiger partial charge in [0.2, 0.25) is 5.91 Å². The van der Waals surface area contributed by atoms with Crippen molar-refractivity contribution in [2.45, 2.75) is 19.4 Å². The van der Waals surface area contributed by atoms with E-state index in [2.05, 4.69) is 29.3 Å². The molecule has 0 aromatic heterocycles. The second kappa shape index (κ2) is 5.04. The Morgan fingerprint density at radius 3 is 3.12 bits per heavy atom. The average Bonchev–Trinajstić information content (AvgIpc) is 2.38. The molecule has 1 amide bonds. The summed E-state index contributed by atoms with van der Waals surface area (Å²) >= 11 is 0. The van der Waals surface area contributed by atoms with Gasteiger partial charge in [-0.1, -0.05) is 24.3 Å². The summed E-state index contributed by atoms with van der Waals surface area (Å²) in [5.74, 6) is 0.103. The molecule has 0 fully saturated rings. The van der Waals surface area contributed by atoms with Crippen molar-refractivity contribution in [2.24, 2.45) is 5.92 Å². The van der Waals surface area contributed by atoms with Crippen LogP contribution in [0.4, 0.5) is 5.69 Å². The number of hydrogen-bond donors (Lipinski definition) is 2. The Balaban J connectivity index is 2.02. The zero-order valence-corrected chi connectivity index (χ0v) is 10.1. The average molecular weight is 230 g/mol. The van der Waals surface area contributed by atoms with Crippen molar-refractivity contribution in [2.75, 3.05) is 11.9 Å². The Morgan fingerprint density at radius 2 is 2.35 bits per heavy atom. The predicted molar refractivity (Wildman–Crippen MR) is 69.9 cm³/mol. The summed E-state index contributed by atoms with van der Waals surface area (Å²) in [4.78, 5) is 12.0. The van der Waals surface area contributed by atoms with Gasteiger partial charge in [-0.3, -0.25) is 4.79 Å². The molecule has 1 aromatic carbocycles. The van der Waals surface area contributed by atoms with Crippen LogP contribution in [-0.4, -0.2) is 18.5 Å². The number of benzene rings is 1. The van der Waals surface area contributed by atoms with Crippen LogP contribution in [0.3, 0.4) is 0 Å². The maximum absolute atomic E-state index is 12.0. The smallest absolute Gasteiger partial charge is 0.225 e. The molecule has 0 saturated heterocycles. The lowest BCUT2D eigenvalue weighted by molar-refractivity contribution is -0.125. The van der Waals surface area contributed by atoms with Gasteiger partial charge in [0.05, 0.1) is 5.92 Å². The fourth-order valence-corrected chi connectivity index (χ4v) is 2.03. The Labute approximate surface area is 102 Å². The zero-order valence-electron chi connectivity index (χ0n) is 10.1. The third-order valence-electron chi connectivity index (χ3n) is 3.12. The van der Waals surface area contributed by atoms with Crippen LogP contribution in [0.25, 0.3) is 0 Å². The SMILES string of the molecule is C=CC(C)NC(=O)C1CNc2ccccc2C1. The molecule has 17 heavy (non-hydrogen) atoms. The van der Waals surface area contributed by atoms with Crippen LogP contribution < -0.4 is 10.6 Å².